The average Bonchev–Trinajstić information content (AvgIpc) is 3.93. The van der Waals surface area contributed by atoms with Crippen LogP contribution >= 0.6 is 0 Å². The quantitative estimate of drug-likeness (QED) is 0.142. The maximum absolute atomic E-state index is 9.95. The van der Waals surface area contributed by atoms with E-state index >= 15 is 0 Å². The van der Waals surface area contributed by atoms with Crippen LogP contribution in [0.25, 0.3) is 55.6 Å². The Labute approximate surface area is 446 Å². The molecule has 0 spiro atoms. The molecule has 4 nitrogen and oxygen atoms in total. The van der Waals surface area contributed by atoms with Crippen LogP contribution in [0.1, 0.15) is 163 Å². The molecule has 69 heavy (non-hydrogen) atoms. The van der Waals surface area contributed by atoms with E-state index in [-0.39, 0.29) is 82.7 Å². The van der Waals surface area contributed by atoms with E-state index in [1.54, 1.807) is 48.5 Å². The Balaban J connectivity index is 0.00000810. The third kappa shape index (κ3) is 9.80. The molecule has 3 aliphatic rings. The fraction of sp³-hybridized carbons (Fsp3) is 0.469. The van der Waals surface area contributed by atoms with Crippen LogP contribution in [-0.4, -0.2) is 9.97 Å². The van der Waals surface area contributed by atoms with Gasteiger partial charge in [0.2, 0.25) is 0 Å². The van der Waals surface area contributed by atoms with E-state index in [2.05, 4.69) is 78.6 Å². The molecule has 3 aliphatic carbocycles. The van der Waals surface area contributed by atoms with Crippen LogP contribution in [0, 0.1) is 92.3 Å². The van der Waals surface area contributed by atoms with Gasteiger partial charge in [0.15, 0.2) is 0 Å². The van der Waals surface area contributed by atoms with Crippen molar-refractivity contribution in [3.05, 3.63) is 131 Å². The minimum absolute atomic E-state index is 0. The smallest absolute Gasteiger partial charge is 0.501 e. The Morgan fingerprint density at radius 3 is 2.25 bits per heavy atom. The molecule has 0 amide bonds. The van der Waals surface area contributed by atoms with Crippen molar-refractivity contribution in [2.75, 3.05) is 0 Å². The first-order valence-electron chi connectivity index (χ1n) is 31.3. The topological polar surface area (TPSA) is 48.2 Å². The molecule has 0 N–H and O–H groups in total. The number of rotatable bonds is 8. The van der Waals surface area contributed by atoms with Gasteiger partial charge in [-0.15, -0.1) is 11.6 Å². The summed E-state index contributed by atoms with van der Waals surface area (Å²) < 4.78 is 124. The van der Waals surface area contributed by atoms with Gasteiger partial charge < -0.3 is 19.1 Å². The molecule has 362 valence electrons. The number of furan rings is 1. The number of aromatic nitrogens is 2. The molecule has 3 heterocycles. The molecule has 4 aromatic carbocycles. The normalized spacial score (nSPS) is 28.8. The summed E-state index contributed by atoms with van der Waals surface area (Å²) in [6.45, 7) is 8.04. The number of pyridine rings is 2. The van der Waals surface area contributed by atoms with Crippen molar-refractivity contribution in [2.24, 2.45) is 45.8 Å². The number of aryl methyl sites for hydroxylation is 4. The zero-order valence-electron chi connectivity index (χ0n) is 54.4. The summed E-state index contributed by atoms with van der Waals surface area (Å²) in [5.74, 6) is 1.49. The molecular weight excluding hydrogens is 1020 g/mol. The second kappa shape index (κ2) is 18.9. The summed E-state index contributed by atoms with van der Waals surface area (Å²) >= 11 is 0. The largest absolute Gasteiger partial charge is 2.00 e. The summed E-state index contributed by atoms with van der Waals surface area (Å²) in [5.41, 5.74) is 4.23. The number of hydrogen-bond donors (Lipinski definition) is 0. The van der Waals surface area contributed by atoms with Crippen molar-refractivity contribution in [1.29, 1.82) is 0 Å². The van der Waals surface area contributed by atoms with Crippen molar-refractivity contribution in [2.45, 2.75) is 147 Å². The van der Waals surface area contributed by atoms with Crippen molar-refractivity contribution >= 4 is 21.9 Å². The fourth-order valence-electron chi connectivity index (χ4n) is 13.8. The zero-order valence-corrected chi connectivity index (χ0v) is 43.6. The molecule has 6 unspecified atom stereocenters. The molecule has 5 heteroatoms. The van der Waals surface area contributed by atoms with Crippen LogP contribution in [-0.2, 0) is 21.1 Å². The summed E-state index contributed by atoms with van der Waals surface area (Å²) in [7, 11) is 0. The Morgan fingerprint density at radius 1 is 0.754 bits per heavy atom. The summed E-state index contributed by atoms with van der Waals surface area (Å²) in [5, 5.41) is 1.11. The van der Waals surface area contributed by atoms with Crippen LogP contribution in [0.15, 0.2) is 89.6 Å². The first-order chi connectivity index (χ1) is 37.5. The van der Waals surface area contributed by atoms with E-state index < -0.39 is 44.4 Å². The fourth-order valence-corrected chi connectivity index (χ4v) is 13.8. The first-order valence-corrected chi connectivity index (χ1v) is 24.8. The van der Waals surface area contributed by atoms with Gasteiger partial charge in [0.05, 0.1) is 5.58 Å². The standard InChI is InChI=1S/C64H74N2O2.Pt/c1-38-18-20-51-54-29-49(67-59-28-47(57-26-39(2)42(5)35-65-57)27-53(44(59)7)45-16-14-13-15-17-45)30-55(61(54)68-60(51)24-38)58-31-52(43(6)36-66-58)50-22-23-64(12,32-41(50)4)56-21-19-46(25-40(56)3)48-33-62(8,9)37-63(10,11)34-48;/h13-18,20,24,26-27,29,31,35-36,40-41,46,48,50,56H,19,21-23,25,32-34,37H2,1-12H3;/q-2;+2/i1D3,2D3,5D3,7D3,48D;. The van der Waals surface area contributed by atoms with E-state index in [0.717, 1.165) is 75.1 Å². The molecule has 3 aromatic heterocycles. The maximum atomic E-state index is 9.95. The number of ether oxygens (including phenoxy) is 1. The maximum Gasteiger partial charge on any atom is 2.00 e. The van der Waals surface area contributed by atoms with Crippen LogP contribution in [0.5, 0.6) is 11.5 Å². The monoisotopic (exact) mass is 1110 g/mol. The molecule has 0 radical (unpaired) electrons. The van der Waals surface area contributed by atoms with Crippen molar-refractivity contribution in [1.82, 2.24) is 9.97 Å². The second-order valence-corrected chi connectivity index (χ2v) is 23.0. The number of fused-ring (bicyclic) bond motifs is 3. The molecule has 0 bridgehead atoms. The molecule has 3 saturated carbocycles. The van der Waals surface area contributed by atoms with E-state index in [1.807, 2.05) is 6.20 Å². The van der Waals surface area contributed by atoms with Crippen LogP contribution in [0.3, 0.4) is 0 Å². The van der Waals surface area contributed by atoms with Crippen LogP contribution < -0.4 is 4.74 Å². The summed E-state index contributed by atoms with van der Waals surface area (Å²) in [6.07, 6.45) is 12.5. The third-order valence-electron chi connectivity index (χ3n) is 16.3. The van der Waals surface area contributed by atoms with Gasteiger partial charge in [0, 0.05) is 47.1 Å². The van der Waals surface area contributed by atoms with E-state index in [9.17, 15) is 1.37 Å². The number of hydrogen-bond acceptors (Lipinski definition) is 4. The molecule has 7 aromatic rings. The predicted molar refractivity (Wildman–Crippen MR) is 282 cm³/mol. The average molecular weight is 1110 g/mol. The predicted octanol–water partition coefficient (Wildman–Crippen LogP) is 18.1. The van der Waals surface area contributed by atoms with Crippen LogP contribution in [0.4, 0.5) is 0 Å². The van der Waals surface area contributed by atoms with Gasteiger partial charge in [-0.25, -0.2) is 0 Å². The van der Waals surface area contributed by atoms with Gasteiger partial charge in [-0.3, -0.25) is 0 Å². The molecule has 3 fully saturated rings. The van der Waals surface area contributed by atoms with Crippen LogP contribution in [0.2, 0.25) is 0 Å². The van der Waals surface area contributed by atoms with Gasteiger partial charge in [-0.05, 0) is 182 Å². The molecule has 10 rings (SSSR count). The van der Waals surface area contributed by atoms with Gasteiger partial charge in [0.1, 0.15) is 5.58 Å². The van der Waals surface area contributed by atoms with Crippen molar-refractivity contribution in [3.8, 4) is 45.1 Å². The Hall–Kier alpha value is -4.53. The first kappa shape index (κ1) is 35.6. The minimum Gasteiger partial charge on any atom is -0.501 e. The van der Waals surface area contributed by atoms with Gasteiger partial charge >= 0.3 is 21.1 Å². The summed E-state index contributed by atoms with van der Waals surface area (Å²) in [4.78, 5) is 9.43. The van der Waals surface area contributed by atoms with E-state index in [1.165, 1.54) is 18.2 Å². The minimum atomic E-state index is -2.84. The summed E-state index contributed by atoms with van der Waals surface area (Å²) in [6, 6.07) is 26.5. The van der Waals surface area contributed by atoms with E-state index in [0.29, 0.717) is 62.4 Å². The molecule has 0 saturated heterocycles. The molecule has 0 aliphatic heterocycles. The van der Waals surface area contributed by atoms with Crippen molar-refractivity contribution < 1.29 is 48.0 Å². The third-order valence-corrected chi connectivity index (χ3v) is 16.3. The molecule has 6 atom stereocenters. The SMILES string of the molecule is [2H]C([2H])([2H])c1ccc2c(c1)oc1c(-c3cc(C4CCC(C)(C5CCC(C6([2H])CC(C)(C)CC(C)(C)C6)CC5C)CC4C)c(C)cn3)[c-]c(Oc3[c-]c(-c4cc(C([2H])([2H])[2H])c(C([2H])([2H])[2H])cn4)cc(-c4ccccc4)c3C([2H])([2H])[2H])cc12.[Pt+2]. The van der Waals surface area contributed by atoms with Crippen molar-refractivity contribution in [3.63, 3.8) is 0 Å². The van der Waals surface area contributed by atoms with Gasteiger partial charge in [-0.2, -0.15) is 0 Å². The second-order valence-electron chi connectivity index (χ2n) is 23.0. The zero-order chi connectivity index (χ0) is 58.8. The van der Waals surface area contributed by atoms with Gasteiger partial charge in [0.25, 0.3) is 0 Å². The Bertz CT molecular complexity index is 3510. The molecular formula is C64H74N2O2Pt. The number of nitrogens with zero attached hydrogens (tertiary/aromatic N) is 2. The van der Waals surface area contributed by atoms with Gasteiger partial charge in [-0.1, -0.05) is 156 Å². The van der Waals surface area contributed by atoms with E-state index in [4.69, 9.17) is 30.6 Å². The number of benzene rings is 4. The Morgan fingerprint density at radius 2 is 1.52 bits per heavy atom. The Kier molecular flexibility index (Phi) is 9.74.